The zero-order chi connectivity index (χ0) is 20.0. The van der Waals surface area contributed by atoms with Gasteiger partial charge in [0, 0.05) is 0 Å². The summed E-state index contributed by atoms with van der Waals surface area (Å²) in [5.74, 6) is -1.74. The Kier molecular flexibility index (Phi) is 7.00. The van der Waals surface area contributed by atoms with Gasteiger partial charge in [-0.2, -0.15) is 0 Å². The van der Waals surface area contributed by atoms with Crippen LogP contribution in [0.2, 0.25) is 0 Å². The summed E-state index contributed by atoms with van der Waals surface area (Å²) in [6.07, 6.45) is 1.52. The molecule has 9 heteroatoms. The van der Waals surface area contributed by atoms with E-state index >= 15 is 0 Å². The Morgan fingerprint density at radius 1 is 1.22 bits per heavy atom. The molecule has 0 spiro atoms. The minimum absolute atomic E-state index is 0.159. The summed E-state index contributed by atoms with van der Waals surface area (Å²) in [5, 5.41) is 8.04. The summed E-state index contributed by atoms with van der Waals surface area (Å²) >= 11 is 0.743. The van der Waals surface area contributed by atoms with Crippen LogP contribution in [0.3, 0.4) is 0 Å². The largest absolute Gasteiger partial charge is 0.482 e. The van der Waals surface area contributed by atoms with Crippen molar-refractivity contribution in [3.05, 3.63) is 34.7 Å². The van der Waals surface area contributed by atoms with Crippen molar-refractivity contribution >= 4 is 40.9 Å². The predicted octanol–water partition coefficient (Wildman–Crippen LogP) is 2.39. The number of benzene rings is 1. The van der Waals surface area contributed by atoms with Gasteiger partial charge in [0.15, 0.2) is 6.61 Å². The third-order valence-corrected chi connectivity index (χ3v) is 4.19. The molecule has 0 aromatic heterocycles. The highest BCUT2D eigenvalue weighted by Crippen LogP contribution is 2.32. The van der Waals surface area contributed by atoms with Gasteiger partial charge in [-0.05, 0) is 41.5 Å². The maximum atomic E-state index is 12.4. The van der Waals surface area contributed by atoms with E-state index in [1.165, 1.54) is 6.08 Å². The fourth-order valence-electron chi connectivity index (χ4n) is 2.03. The molecule has 1 aliphatic heterocycles. The van der Waals surface area contributed by atoms with E-state index in [4.69, 9.17) is 14.6 Å². The summed E-state index contributed by atoms with van der Waals surface area (Å²) in [6, 6.07) is 6.37. The van der Waals surface area contributed by atoms with Crippen molar-refractivity contribution in [3.8, 4) is 5.75 Å². The lowest BCUT2D eigenvalue weighted by molar-refractivity contribution is -0.147. The van der Waals surface area contributed by atoms with Crippen molar-refractivity contribution in [1.29, 1.82) is 0 Å². The van der Waals surface area contributed by atoms with Crippen molar-refractivity contribution in [2.75, 3.05) is 19.8 Å². The topological polar surface area (TPSA) is 110 Å². The molecule has 0 aliphatic carbocycles. The second-order valence-electron chi connectivity index (χ2n) is 6.10. The lowest BCUT2D eigenvalue weighted by atomic mass is 10.2. The molecule has 1 N–H and O–H groups in total. The van der Waals surface area contributed by atoms with Crippen LogP contribution in [0.1, 0.15) is 19.4 Å². The van der Waals surface area contributed by atoms with E-state index < -0.39 is 36.2 Å². The molecular weight excluding hydrogens is 374 g/mol. The van der Waals surface area contributed by atoms with E-state index in [1.54, 1.807) is 24.3 Å². The van der Waals surface area contributed by atoms with E-state index in [1.807, 2.05) is 13.8 Å². The van der Waals surface area contributed by atoms with Gasteiger partial charge in [-0.25, -0.2) is 4.79 Å². The van der Waals surface area contributed by atoms with Crippen LogP contribution < -0.4 is 4.74 Å². The second-order valence-corrected chi connectivity index (χ2v) is 7.09. The lowest BCUT2D eigenvalue weighted by Gasteiger charge is -2.12. The Labute approximate surface area is 160 Å². The molecule has 1 aliphatic rings. The molecule has 27 heavy (non-hydrogen) atoms. The molecule has 8 nitrogen and oxygen atoms in total. The number of esters is 1. The molecule has 1 fully saturated rings. The van der Waals surface area contributed by atoms with Gasteiger partial charge in [0.1, 0.15) is 12.3 Å². The van der Waals surface area contributed by atoms with Crippen molar-refractivity contribution in [1.82, 2.24) is 4.90 Å². The monoisotopic (exact) mass is 393 g/mol. The Morgan fingerprint density at radius 3 is 2.48 bits per heavy atom. The van der Waals surface area contributed by atoms with E-state index in [9.17, 15) is 19.2 Å². The number of carboxylic acids is 1. The Morgan fingerprint density at radius 2 is 1.89 bits per heavy atom. The summed E-state index contributed by atoms with van der Waals surface area (Å²) in [4.78, 5) is 47.6. The Hall–Kier alpha value is -2.81. The van der Waals surface area contributed by atoms with E-state index in [-0.39, 0.29) is 17.4 Å². The number of carbonyl (C=O) groups excluding carboxylic acids is 3. The number of thioether (sulfide) groups is 1. The number of rotatable bonds is 8. The van der Waals surface area contributed by atoms with Crippen molar-refractivity contribution in [2.45, 2.75) is 13.8 Å². The van der Waals surface area contributed by atoms with Crippen LogP contribution in [0.25, 0.3) is 6.08 Å². The van der Waals surface area contributed by atoms with Crippen molar-refractivity contribution in [3.63, 3.8) is 0 Å². The number of carboxylic acid groups (broad SMARTS) is 1. The third-order valence-electron chi connectivity index (χ3n) is 3.28. The van der Waals surface area contributed by atoms with Crippen molar-refractivity contribution in [2.24, 2.45) is 5.92 Å². The lowest BCUT2D eigenvalue weighted by Crippen LogP contribution is -2.34. The highest BCUT2D eigenvalue weighted by Gasteiger charge is 2.36. The van der Waals surface area contributed by atoms with Gasteiger partial charge in [0.2, 0.25) is 0 Å². The van der Waals surface area contributed by atoms with Crippen molar-refractivity contribution < 1.29 is 33.8 Å². The number of ether oxygens (including phenoxy) is 2. The number of hydrogen-bond acceptors (Lipinski definition) is 7. The molecule has 0 unspecified atom stereocenters. The molecule has 1 saturated heterocycles. The summed E-state index contributed by atoms with van der Waals surface area (Å²) in [7, 11) is 0. The van der Waals surface area contributed by atoms with E-state index in [0.29, 0.717) is 11.3 Å². The first kappa shape index (κ1) is 20.5. The van der Waals surface area contributed by atoms with Gasteiger partial charge in [0.25, 0.3) is 11.1 Å². The van der Waals surface area contributed by atoms with Gasteiger partial charge < -0.3 is 14.6 Å². The number of carbonyl (C=O) groups is 4. The SMILES string of the molecule is CC(C)COC(=O)CN1C(=O)S/C(=C/c2ccc(OCC(=O)O)cc2)C1=O. The standard InChI is InChI=1S/C18H19NO7S/c1-11(2)9-26-16(22)8-19-17(23)14(27-18(19)24)7-12-3-5-13(6-4-12)25-10-15(20)21/h3-7,11H,8-10H2,1-2H3,(H,20,21)/b14-7+. The zero-order valence-corrected chi connectivity index (χ0v) is 15.7. The number of aliphatic carboxylic acids is 1. The Bertz CT molecular complexity index is 770. The van der Waals surface area contributed by atoms with Gasteiger partial charge in [-0.3, -0.25) is 19.3 Å². The average Bonchev–Trinajstić information content (AvgIpc) is 2.86. The van der Waals surface area contributed by atoms with Crippen LogP contribution in [0.15, 0.2) is 29.2 Å². The van der Waals surface area contributed by atoms with Gasteiger partial charge in [-0.1, -0.05) is 26.0 Å². The quantitative estimate of drug-likeness (QED) is 0.529. The summed E-state index contributed by atoms with van der Waals surface area (Å²) in [5.41, 5.74) is 0.630. The number of imide groups is 1. The smallest absolute Gasteiger partial charge is 0.341 e. The second kappa shape index (κ2) is 9.22. The average molecular weight is 393 g/mol. The number of hydrogen-bond donors (Lipinski definition) is 1. The summed E-state index contributed by atoms with van der Waals surface area (Å²) < 4.78 is 10.0. The molecule has 1 aromatic carbocycles. The number of nitrogens with zero attached hydrogens (tertiary/aromatic N) is 1. The maximum absolute atomic E-state index is 12.4. The fraction of sp³-hybridized carbons (Fsp3) is 0.333. The molecule has 2 amide bonds. The molecule has 0 radical (unpaired) electrons. The first-order valence-electron chi connectivity index (χ1n) is 8.12. The molecule has 0 saturated carbocycles. The fourth-order valence-corrected chi connectivity index (χ4v) is 2.87. The molecule has 2 rings (SSSR count). The minimum Gasteiger partial charge on any atom is -0.482 e. The summed E-state index contributed by atoms with van der Waals surface area (Å²) in [6.45, 7) is 3.12. The maximum Gasteiger partial charge on any atom is 0.341 e. The predicted molar refractivity (Wildman–Crippen MR) is 98.0 cm³/mol. The molecular formula is C18H19NO7S. The molecule has 144 valence electrons. The van der Waals surface area contributed by atoms with Gasteiger partial charge in [-0.15, -0.1) is 0 Å². The molecule has 1 heterocycles. The highest BCUT2D eigenvalue weighted by atomic mass is 32.2. The zero-order valence-electron chi connectivity index (χ0n) is 14.8. The van der Waals surface area contributed by atoms with Gasteiger partial charge in [0.05, 0.1) is 11.5 Å². The first-order chi connectivity index (χ1) is 12.8. The van der Waals surface area contributed by atoms with E-state index in [0.717, 1.165) is 16.7 Å². The molecule has 0 bridgehead atoms. The van der Waals surface area contributed by atoms with E-state index in [2.05, 4.69) is 0 Å². The molecule has 0 atom stereocenters. The normalized spacial score (nSPS) is 15.5. The van der Waals surface area contributed by atoms with Gasteiger partial charge >= 0.3 is 11.9 Å². The third kappa shape index (κ3) is 6.14. The van der Waals surface area contributed by atoms with Crippen LogP contribution in [0.5, 0.6) is 5.75 Å². The molecule has 1 aromatic rings. The van der Waals surface area contributed by atoms with Crippen LogP contribution in [-0.4, -0.2) is 52.8 Å². The highest BCUT2D eigenvalue weighted by molar-refractivity contribution is 8.18. The minimum atomic E-state index is -1.08. The Balaban J connectivity index is 2.00. The first-order valence-corrected chi connectivity index (χ1v) is 8.93. The number of amides is 2. The van der Waals surface area contributed by atoms with Crippen LogP contribution >= 0.6 is 11.8 Å². The van der Waals surface area contributed by atoms with Crippen LogP contribution in [0.4, 0.5) is 4.79 Å². The van der Waals surface area contributed by atoms with Crippen LogP contribution in [-0.2, 0) is 19.1 Å². The van der Waals surface area contributed by atoms with Crippen LogP contribution in [0, 0.1) is 5.92 Å².